The lowest BCUT2D eigenvalue weighted by molar-refractivity contribution is 0.543. The molecule has 1 unspecified atom stereocenters. The van der Waals surface area contributed by atoms with Crippen LogP contribution >= 0.6 is 11.3 Å². The molecule has 0 aliphatic carbocycles. The van der Waals surface area contributed by atoms with E-state index in [4.69, 9.17) is 5.84 Å². The van der Waals surface area contributed by atoms with Crippen LogP contribution in [0.3, 0.4) is 0 Å². The second kappa shape index (κ2) is 4.78. The van der Waals surface area contributed by atoms with E-state index in [1.807, 2.05) is 11.6 Å². The molecule has 0 fully saturated rings. The summed E-state index contributed by atoms with van der Waals surface area (Å²) >= 11 is 1.67. The number of nitrogens with zero attached hydrogens (tertiary/aromatic N) is 2. The van der Waals surface area contributed by atoms with Gasteiger partial charge in [0, 0.05) is 6.54 Å². The Labute approximate surface area is 99.1 Å². The highest BCUT2D eigenvalue weighted by molar-refractivity contribution is 7.08. The number of aryl methyl sites for hydroxylation is 2. The zero-order valence-corrected chi connectivity index (χ0v) is 10.3. The zero-order valence-electron chi connectivity index (χ0n) is 9.47. The van der Waals surface area contributed by atoms with E-state index in [1.165, 1.54) is 5.56 Å². The fourth-order valence-corrected chi connectivity index (χ4v) is 2.53. The van der Waals surface area contributed by atoms with Crippen molar-refractivity contribution in [3.05, 3.63) is 39.8 Å². The zero-order chi connectivity index (χ0) is 11.5. The molecule has 0 bridgehead atoms. The molecule has 2 aromatic rings. The lowest BCUT2D eigenvalue weighted by Gasteiger charge is -2.15. The van der Waals surface area contributed by atoms with Gasteiger partial charge in [-0.3, -0.25) is 10.5 Å². The summed E-state index contributed by atoms with van der Waals surface area (Å²) in [6, 6.07) is 4.18. The van der Waals surface area contributed by atoms with E-state index >= 15 is 0 Å². The average molecular weight is 236 g/mol. The van der Waals surface area contributed by atoms with Gasteiger partial charge in [-0.25, -0.2) is 5.43 Å². The molecule has 0 saturated heterocycles. The summed E-state index contributed by atoms with van der Waals surface area (Å²) in [5.41, 5.74) is 6.17. The van der Waals surface area contributed by atoms with E-state index in [9.17, 15) is 0 Å². The SMILES string of the molecule is CCn1nc(C)cc1C(NN)c1ccsc1. The number of nitrogens with two attached hydrogens (primary N) is 1. The number of nitrogens with one attached hydrogen (secondary N) is 1. The van der Waals surface area contributed by atoms with E-state index in [2.05, 4.69) is 40.3 Å². The van der Waals surface area contributed by atoms with Crippen molar-refractivity contribution in [2.75, 3.05) is 0 Å². The fraction of sp³-hybridized carbons (Fsp3) is 0.364. The third kappa shape index (κ3) is 2.02. The molecule has 0 aliphatic heterocycles. The predicted octanol–water partition coefficient (Wildman–Crippen LogP) is 1.83. The summed E-state index contributed by atoms with van der Waals surface area (Å²) in [6.45, 7) is 4.93. The first-order valence-corrected chi connectivity index (χ1v) is 6.23. The van der Waals surface area contributed by atoms with Crippen LogP contribution in [0.15, 0.2) is 22.9 Å². The Hall–Kier alpha value is -1.17. The smallest absolute Gasteiger partial charge is 0.0886 e. The van der Waals surface area contributed by atoms with Gasteiger partial charge in [0.05, 0.1) is 17.4 Å². The van der Waals surface area contributed by atoms with Crippen molar-refractivity contribution in [3.8, 4) is 0 Å². The first-order chi connectivity index (χ1) is 7.76. The molecule has 2 heterocycles. The van der Waals surface area contributed by atoms with Gasteiger partial charge in [-0.2, -0.15) is 16.4 Å². The van der Waals surface area contributed by atoms with Gasteiger partial charge in [0.2, 0.25) is 0 Å². The molecule has 0 saturated carbocycles. The van der Waals surface area contributed by atoms with Crippen LogP contribution in [0.25, 0.3) is 0 Å². The summed E-state index contributed by atoms with van der Waals surface area (Å²) < 4.78 is 1.98. The number of hydrogen-bond donors (Lipinski definition) is 2. The molecule has 0 aliphatic rings. The van der Waals surface area contributed by atoms with E-state index in [0.29, 0.717) is 0 Å². The molecule has 0 aromatic carbocycles. The highest BCUT2D eigenvalue weighted by atomic mass is 32.1. The molecule has 3 N–H and O–H groups in total. The lowest BCUT2D eigenvalue weighted by atomic mass is 10.1. The van der Waals surface area contributed by atoms with E-state index < -0.39 is 0 Å². The van der Waals surface area contributed by atoms with Gasteiger partial charge in [0.1, 0.15) is 0 Å². The third-order valence-corrected chi connectivity index (χ3v) is 3.27. The first kappa shape index (κ1) is 11.3. The van der Waals surface area contributed by atoms with Crippen LogP contribution in [0.2, 0.25) is 0 Å². The molecule has 86 valence electrons. The number of hydrazine groups is 1. The Morgan fingerprint density at radius 1 is 1.62 bits per heavy atom. The maximum absolute atomic E-state index is 5.64. The lowest BCUT2D eigenvalue weighted by Crippen LogP contribution is -2.30. The van der Waals surface area contributed by atoms with Gasteiger partial charge in [-0.05, 0) is 42.3 Å². The number of thiophene rings is 1. The van der Waals surface area contributed by atoms with Crippen LogP contribution in [0.5, 0.6) is 0 Å². The maximum atomic E-state index is 5.64. The Bertz CT molecular complexity index is 447. The van der Waals surface area contributed by atoms with Crippen LogP contribution < -0.4 is 11.3 Å². The normalized spacial score (nSPS) is 12.9. The quantitative estimate of drug-likeness (QED) is 0.629. The molecule has 0 amide bonds. The van der Waals surface area contributed by atoms with Crippen molar-refractivity contribution in [2.24, 2.45) is 5.84 Å². The average Bonchev–Trinajstić information content (AvgIpc) is 2.89. The monoisotopic (exact) mass is 236 g/mol. The minimum Gasteiger partial charge on any atom is -0.271 e. The van der Waals surface area contributed by atoms with Crippen LogP contribution in [-0.4, -0.2) is 9.78 Å². The molecule has 1 atom stereocenters. The summed E-state index contributed by atoms with van der Waals surface area (Å²) in [6.07, 6.45) is 0. The highest BCUT2D eigenvalue weighted by Crippen LogP contribution is 2.23. The van der Waals surface area contributed by atoms with E-state index in [-0.39, 0.29) is 6.04 Å². The molecule has 2 rings (SSSR count). The van der Waals surface area contributed by atoms with E-state index in [1.54, 1.807) is 11.3 Å². The maximum Gasteiger partial charge on any atom is 0.0886 e. The second-order valence-corrected chi connectivity index (χ2v) is 4.46. The molecule has 0 radical (unpaired) electrons. The van der Waals surface area contributed by atoms with Gasteiger partial charge >= 0.3 is 0 Å². The Kier molecular flexibility index (Phi) is 3.38. The van der Waals surface area contributed by atoms with Crippen molar-refractivity contribution in [1.82, 2.24) is 15.2 Å². The van der Waals surface area contributed by atoms with Crippen LogP contribution in [0.1, 0.15) is 29.9 Å². The summed E-state index contributed by atoms with van der Waals surface area (Å²) in [7, 11) is 0. The van der Waals surface area contributed by atoms with Crippen LogP contribution in [0.4, 0.5) is 0 Å². The van der Waals surface area contributed by atoms with Gasteiger partial charge in [0.25, 0.3) is 0 Å². The minimum atomic E-state index is 0.0207. The van der Waals surface area contributed by atoms with Crippen molar-refractivity contribution >= 4 is 11.3 Å². The highest BCUT2D eigenvalue weighted by Gasteiger charge is 2.17. The number of rotatable bonds is 4. The van der Waals surface area contributed by atoms with Crippen molar-refractivity contribution in [3.63, 3.8) is 0 Å². The molecule has 4 nitrogen and oxygen atoms in total. The van der Waals surface area contributed by atoms with Crippen molar-refractivity contribution in [1.29, 1.82) is 0 Å². The number of aromatic nitrogens is 2. The third-order valence-electron chi connectivity index (χ3n) is 2.57. The van der Waals surface area contributed by atoms with Crippen molar-refractivity contribution in [2.45, 2.75) is 26.4 Å². The molecule has 2 aromatic heterocycles. The molecule has 0 spiro atoms. The predicted molar refractivity (Wildman–Crippen MR) is 66.1 cm³/mol. The van der Waals surface area contributed by atoms with Crippen LogP contribution in [-0.2, 0) is 6.54 Å². The van der Waals surface area contributed by atoms with Crippen molar-refractivity contribution < 1.29 is 0 Å². The number of hydrogen-bond acceptors (Lipinski definition) is 4. The Balaban J connectivity index is 2.40. The summed E-state index contributed by atoms with van der Waals surface area (Å²) in [5.74, 6) is 5.64. The molecule has 5 heteroatoms. The minimum absolute atomic E-state index is 0.0207. The molecular formula is C11H16N4S. The molecule has 16 heavy (non-hydrogen) atoms. The standard InChI is InChI=1S/C11H16N4S/c1-3-15-10(6-8(2)14-15)11(13-12)9-4-5-16-7-9/h4-7,11,13H,3,12H2,1-2H3. The Morgan fingerprint density at radius 3 is 3.00 bits per heavy atom. The van der Waals surface area contributed by atoms with Crippen LogP contribution in [0, 0.1) is 6.92 Å². The van der Waals surface area contributed by atoms with Gasteiger partial charge < -0.3 is 0 Å². The van der Waals surface area contributed by atoms with E-state index in [0.717, 1.165) is 17.9 Å². The first-order valence-electron chi connectivity index (χ1n) is 5.28. The summed E-state index contributed by atoms with van der Waals surface area (Å²) in [5, 5.41) is 8.59. The Morgan fingerprint density at radius 2 is 2.44 bits per heavy atom. The van der Waals surface area contributed by atoms with Gasteiger partial charge in [0.15, 0.2) is 0 Å². The molecular weight excluding hydrogens is 220 g/mol. The van der Waals surface area contributed by atoms with Gasteiger partial charge in [-0.15, -0.1) is 0 Å². The topological polar surface area (TPSA) is 55.9 Å². The second-order valence-electron chi connectivity index (χ2n) is 3.68. The fourth-order valence-electron chi connectivity index (χ4n) is 1.84. The summed E-state index contributed by atoms with van der Waals surface area (Å²) in [4.78, 5) is 0. The van der Waals surface area contributed by atoms with Gasteiger partial charge in [-0.1, -0.05) is 0 Å². The largest absolute Gasteiger partial charge is 0.271 e.